The van der Waals surface area contributed by atoms with Crippen molar-refractivity contribution in [2.45, 2.75) is 13.5 Å². The zero-order chi connectivity index (χ0) is 12.7. The van der Waals surface area contributed by atoms with Crippen LogP contribution in [0, 0.1) is 6.92 Å². The van der Waals surface area contributed by atoms with Crippen molar-refractivity contribution >= 4 is 10.9 Å². The summed E-state index contributed by atoms with van der Waals surface area (Å²) in [6.45, 7) is 2.50. The lowest BCUT2D eigenvalue weighted by atomic mass is 10.1. The van der Waals surface area contributed by atoms with Crippen LogP contribution < -0.4 is 5.73 Å². The molecule has 92 valence electrons. The lowest BCUT2D eigenvalue weighted by molar-refractivity contribution is 0.968. The van der Waals surface area contributed by atoms with Gasteiger partial charge in [-0.05, 0) is 13.0 Å². The fourth-order valence-corrected chi connectivity index (χ4v) is 2.46. The predicted octanol–water partition coefficient (Wildman–Crippen LogP) is 2.34. The fraction of sp³-hybridized carbons (Fsp3) is 0.214. The van der Waals surface area contributed by atoms with E-state index in [1.807, 2.05) is 26.1 Å². The summed E-state index contributed by atoms with van der Waals surface area (Å²) in [5.74, 6) is 0. The molecule has 4 nitrogen and oxygen atoms in total. The molecule has 2 heterocycles. The van der Waals surface area contributed by atoms with Crippen LogP contribution in [0.1, 0.15) is 11.3 Å². The Morgan fingerprint density at radius 3 is 2.89 bits per heavy atom. The van der Waals surface area contributed by atoms with E-state index in [0.717, 1.165) is 22.5 Å². The van der Waals surface area contributed by atoms with E-state index in [-0.39, 0.29) is 0 Å². The molecule has 0 aliphatic rings. The van der Waals surface area contributed by atoms with Crippen LogP contribution in [0.5, 0.6) is 0 Å². The molecule has 0 radical (unpaired) electrons. The first-order chi connectivity index (χ1) is 8.72. The number of benzene rings is 1. The van der Waals surface area contributed by atoms with Crippen LogP contribution in [-0.2, 0) is 13.6 Å². The van der Waals surface area contributed by atoms with Crippen molar-refractivity contribution in [2.24, 2.45) is 12.8 Å². The van der Waals surface area contributed by atoms with Gasteiger partial charge in [-0.25, -0.2) is 0 Å². The highest BCUT2D eigenvalue weighted by atomic mass is 15.1. The molecule has 0 saturated carbocycles. The highest BCUT2D eigenvalue weighted by Crippen LogP contribution is 2.31. The summed E-state index contributed by atoms with van der Waals surface area (Å²) in [6.07, 6.45) is 2.11. The first-order valence-corrected chi connectivity index (χ1v) is 6.00. The molecular weight excluding hydrogens is 224 g/mol. The number of nitrogens with two attached hydrogens (primary N) is 1. The topological polar surface area (TPSA) is 59.6 Å². The summed E-state index contributed by atoms with van der Waals surface area (Å²) < 4.78 is 2.12. The van der Waals surface area contributed by atoms with Crippen LogP contribution in [0.4, 0.5) is 0 Å². The second-order valence-electron chi connectivity index (χ2n) is 4.55. The van der Waals surface area contributed by atoms with E-state index >= 15 is 0 Å². The van der Waals surface area contributed by atoms with E-state index in [0.29, 0.717) is 6.54 Å². The molecule has 0 aliphatic carbocycles. The largest absolute Gasteiger partial charge is 0.350 e. The molecule has 18 heavy (non-hydrogen) atoms. The van der Waals surface area contributed by atoms with E-state index < -0.39 is 0 Å². The molecule has 0 saturated heterocycles. The summed E-state index contributed by atoms with van der Waals surface area (Å²) in [4.78, 5) is 0. The van der Waals surface area contributed by atoms with E-state index in [1.165, 1.54) is 10.9 Å². The first kappa shape index (κ1) is 11.0. The third kappa shape index (κ3) is 1.46. The number of rotatable bonds is 2. The average molecular weight is 240 g/mol. The molecule has 4 heteroatoms. The van der Waals surface area contributed by atoms with Crippen molar-refractivity contribution in [3.8, 4) is 11.3 Å². The minimum atomic E-state index is 0.501. The molecule has 0 spiro atoms. The van der Waals surface area contributed by atoms with Gasteiger partial charge in [-0.15, -0.1) is 0 Å². The van der Waals surface area contributed by atoms with E-state index in [9.17, 15) is 0 Å². The number of fused-ring (bicyclic) bond motifs is 1. The predicted molar refractivity (Wildman–Crippen MR) is 73.1 cm³/mol. The van der Waals surface area contributed by atoms with Crippen molar-refractivity contribution in [2.75, 3.05) is 0 Å². The Balaban J connectivity index is 2.32. The molecule has 0 fully saturated rings. The second kappa shape index (κ2) is 3.99. The lowest BCUT2D eigenvalue weighted by Crippen LogP contribution is -1.98. The van der Waals surface area contributed by atoms with Gasteiger partial charge in [0.1, 0.15) is 0 Å². The molecular formula is C14H16N4. The van der Waals surface area contributed by atoms with Crippen molar-refractivity contribution in [3.05, 3.63) is 41.7 Å². The van der Waals surface area contributed by atoms with Crippen LogP contribution in [0.2, 0.25) is 0 Å². The number of nitrogens with zero attached hydrogens (tertiary/aromatic N) is 2. The normalized spacial score (nSPS) is 11.3. The molecule has 0 unspecified atom stereocenters. The molecule has 2 aromatic heterocycles. The monoisotopic (exact) mass is 240 g/mol. The number of H-pyrrole nitrogens is 1. The van der Waals surface area contributed by atoms with Crippen LogP contribution >= 0.6 is 0 Å². The molecule has 0 amide bonds. The minimum absolute atomic E-state index is 0.501. The number of hydrogen-bond donors (Lipinski definition) is 2. The lowest BCUT2D eigenvalue weighted by Gasteiger charge is -1.99. The van der Waals surface area contributed by atoms with Gasteiger partial charge in [0.2, 0.25) is 0 Å². The summed E-state index contributed by atoms with van der Waals surface area (Å²) in [5.41, 5.74) is 11.3. The zero-order valence-corrected chi connectivity index (χ0v) is 10.6. The summed E-state index contributed by atoms with van der Waals surface area (Å²) in [5, 5.41) is 8.63. The zero-order valence-electron chi connectivity index (χ0n) is 10.6. The maximum atomic E-state index is 5.82. The summed E-state index contributed by atoms with van der Waals surface area (Å²) in [6, 6.07) is 8.33. The van der Waals surface area contributed by atoms with Crippen LogP contribution in [0.3, 0.4) is 0 Å². The van der Waals surface area contributed by atoms with Gasteiger partial charge in [0.25, 0.3) is 0 Å². The van der Waals surface area contributed by atoms with E-state index in [4.69, 9.17) is 5.73 Å². The number of hydrogen-bond acceptors (Lipinski definition) is 2. The Bertz CT molecular complexity index is 706. The summed E-state index contributed by atoms with van der Waals surface area (Å²) in [7, 11) is 2.05. The Labute approximate surface area is 105 Å². The van der Waals surface area contributed by atoms with Gasteiger partial charge in [0.05, 0.1) is 5.69 Å². The first-order valence-electron chi connectivity index (χ1n) is 6.00. The third-order valence-electron chi connectivity index (χ3n) is 3.43. The van der Waals surface area contributed by atoms with Gasteiger partial charge in [0, 0.05) is 47.5 Å². The molecule has 3 aromatic rings. The molecule has 0 bridgehead atoms. The van der Waals surface area contributed by atoms with Crippen molar-refractivity contribution in [1.29, 1.82) is 0 Å². The Kier molecular flexibility index (Phi) is 2.45. The SMILES string of the molecule is Cc1[nH]nc(-c2cn(C)c3ccccc23)c1CN. The van der Waals surface area contributed by atoms with Crippen molar-refractivity contribution in [3.63, 3.8) is 0 Å². The highest BCUT2D eigenvalue weighted by molar-refractivity contribution is 5.95. The van der Waals surface area contributed by atoms with Gasteiger partial charge in [-0.3, -0.25) is 5.10 Å². The van der Waals surface area contributed by atoms with Gasteiger partial charge >= 0.3 is 0 Å². The standard InChI is InChI=1S/C14H16N4/c1-9-11(7-15)14(17-16-9)12-8-18(2)13-6-4-3-5-10(12)13/h3-6,8H,7,15H2,1-2H3,(H,16,17). The minimum Gasteiger partial charge on any atom is -0.350 e. The van der Waals surface area contributed by atoms with E-state index in [1.54, 1.807) is 0 Å². The van der Waals surface area contributed by atoms with Gasteiger partial charge < -0.3 is 10.3 Å². The Hall–Kier alpha value is -2.07. The average Bonchev–Trinajstić information content (AvgIpc) is 2.91. The Morgan fingerprint density at radius 1 is 1.33 bits per heavy atom. The number of aromatic amines is 1. The number of para-hydroxylation sites is 1. The van der Waals surface area contributed by atoms with Crippen LogP contribution in [-0.4, -0.2) is 14.8 Å². The molecule has 3 rings (SSSR count). The van der Waals surface area contributed by atoms with Gasteiger partial charge in [-0.2, -0.15) is 5.10 Å². The Morgan fingerprint density at radius 2 is 2.11 bits per heavy atom. The number of aromatic nitrogens is 3. The molecule has 1 aromatic carbocycles. The number of aryl methyl sites for hydroxylation is 2. The molecule has 3 N–H and O–H groups in total. The van der Waals surface area contributed by atoms with Crippen LogP contribution in [0.15, 0.2) is 30.5 Å². The molecule has 0 atom stereocenters. The second-order valence-corrected chi connectivity index (χ2v) is 4.55. The fourth-order valence-electron chi connectivity index (χ4n) is 2.46. The van der Waals surface area contributed by atoms with E-state index in [2.05, 4.69) is 33.1 Å². The van der Waals surface area contributed by atoms with Crippen molar-refractivity contribution < 1.29 is 0 Å². The van der Waals surface area contributed by atoms with Gasteiger partial charge in [-0.1, -0.05) is 18.2 Å². The maximum absolute atomic E-state index is 5.82. The quantitative estimate of drug-likeness (QED) is 0.722. The van der Waals surface area contributed by atoms with Crippen molar-refractivity contribution in [1.82, 2.24) is 14.8 Å². The van der Waals surface area contributed by atoms with Gasteiger partial charge in [0.15, 0.2) is 0 Å². The smallest absolute Gasteiger partial charge is 0.0989 e. The number of nitrogens with one attached hydrogen (secondary N) is 1. The highest BCUT2D eigenvalue weighted by Gasteiger charge is 2.15. The maximum Gasteiger partial charge on any atom is 0.0989 e. The third-order valence-corrected chi connectivity index (χ3v) is 3.43. The summed E-state index contributed by atoms with van der Waals surface area (Å²) >= 11 is 0. The van der Waals surface area contributed by atoms with Crippen LogP contribution in [0.25, 0.3) is 22.2 Å². The molecule has 0 aliphatic heterocycles.